The molecule has 39 heavy (non-hydrogen) atoms. The molecule has 1 N–H and O–H groups in total. The first-order valence-electron chi connectivity index (χ1n) is 14.1. The van der Waals surface area contributed by atoms with Gasteiger partial charge in [-0.25, -0.2) is 0 Å². The highest BCUT2D eigenvalue weighted by molar-refractivity contribution is 7.17. The van der Waals surface area contributed by atoms with Crippen molar-refractivity contribution in [2.45, 2.75) is 74.1 Å². The number of hydrogen-bond acceptors (Lipinski definition) is 3. The zero-order valence-electron chi connectivity index (χ0n) is 25.0. The van der Waals surface area contributed by atoms with E-state index in [-0.39, 0.29) is 11.7 Å². The number of carbonyl (C=O) groups excluding carboxylic acids is 2. The van der Waals surface area contributed by atoms with Gasteiger partial charge in [0.15, 0.2) is 5.78 Å². The fourth-order valence-corrected chi connectivity index (χ4v) is 5.25. The minimum absolute atomic E-state index is 0.0485. The third kappa shape index (κ3) is 9.78. The highest BCUT2D eigenvalue weighted by Gasteiger charge is 2.21. The van der Waals surface area contributed by atoms with Crippen LogP contribution in [0, 0.1) is 12.8 Å². The van der Waals surface area contributed by atoms with Crippen LogP contribution in [-0.4, -0.2) is 18.2 Å². The van der Waals surface area contributed by atoms with Gasteiger partial charge in [0.25, 0.3) is 5.91 Å². The number of carbonyl (C=O) groups is 2. The van der Waals surface area contributed by atoms with Gasteiger partial charge in [-0.05, 0) is 72.4 Å². The first-order chi connectivity index (χ1) is 18.8. The Labute approximate surface area is 240 Å². The zero-order valence-corrected chi connectivity index (χ0v) is 25.8. The number of fused-ring (bicyclic) bond motifs is 2. The first kappa shape index (κ1) is 33.8. The minimum Gasteiger partial charge on any atom is -0.348 e. The molecule has 1 aliphatic rings. The van der Waals surface area contributed by atoms with Crippen LogP contribution in [0.3, 0.4) is 0 Å². The summed E-state index contributed by atoms with van der Waals surface area (Å²) in [6, 6.07) is 11.9. The van der Waals surface area contributed by atoms with E-state index < -0.39 is 0 Å². The highest BCUT2D eigenvalue weighted by atomic mass is 32.1. The van der Waals surface area contributed by atoms with E-state index in [1.807, 2.05) is 38.1 Å². The Bertz CT molecular complexity index is 1260. The molecule has 4 rings (SSSR count). The predicted molar refractivity (Wildman–Crippen MR) is 173 cm³/mol. The molecule has 1 aliphatic heterocycles. The summed E-state index contributed by atoms with van der Waals surface area (Å²) >= 11 is 1.75. The molecule has 0 spiro atoms. The monoisotopic (exact) mass is 545 g/mol. The maximum Gasteiger partial charge on any atom is 0.252 e. The highest BCUT2D eigenvalue weighted by Crippen LogP contribution is 2.31. The molecule has 210 valence electrons. The van der Waals surface area contributed by atoms with Gasteiger partial charge in [-0.1, -0.05) is 103 Å². The maximum atomic E-state index is 11.7. The summed E-state index contributed by atoms with van der Waals surface area (Å²) in [4.78, 5) is 23.4. The third-order valence-electron chi connectivity index (χ3n) is 6.44. The second-order valence-corrected chi connectivity index (χ2v) is 10.3. The molecular weight excluding hydrogens is 498 g/mol. The second kappa shape index (κ2) is 18.1. The van der Waals surface area contributed by atoms with Gasteiger partial charge in [0.1, 0.15) is 0 Å². The van der Waals surface area contributed by atoms with Crippen LogP contribution >= 0.6 is 11.3 Å². The summed E-state index contributed by atoms with van der Waals surface area (Å²) in [6.07, 6.45) is 9.98. The Balaban J connectivity index is 0.000000326. The van der Waals surface area contributed by atoms with Crippen LogP contribution < -0.4 is 5.32 Å². The maximum absolute atomic E-state index is 11.7. The molecule has 2 heterocycles. The Morgan fingerprint density at radius 2 is 1.77 bits per heavy atom. The Morgan fingerprint density at radius 3 is 2.36 bits per heavy atom. The van der Waals surface area contributed by atoms with Gasteiger partial charge < -0.3 is 5.32 Å². The number of benzene rings is 2. The summed E-state index contributed by atoms with van der Waals surface area (Å²) in [5.41, 5.74) is 6.62. The van der Waals surface area contributed by atoms with E-state index in [0.717, 1.165) is 36.0 Å². The molecule has 1 unspecified atom stereocenters. The van der Waals surface area contributed by atoms with E-state index in [1.165, 1.54) is 33.2 Å². The number of thiophene rings is 1. The fourth-order valence-electron chi connectivity index (χ4n) is 4.25. The molecule has 0 saturated heterocycles. The quantitative estimate of drug-likeness (QED) is 0.237. The van der Waals surface area contributed by atoms with Crippen molar-refractivity contribution in [2.75, 3.05) is 6.54 Å². The summed E-state index contributed by atoms with van der Waals surface area (Å²) in [5.74, 6) is 0.888. The van der Waals surface area contributed by atoms with Crippen molar-refractivity contribution in [1.82, 2.24) is 5.32 Å². The second-order valence-electron chi connectivity index (χ2n) is 9.38. The molecule has 0 bridgehead atoms. The smallest absolute Gasteiger partial charge is 0.252 e. The standard InChI is InChI=1S/C15H18OS.C14H17NO.C4H6.C2H6/c1-4-10(2)8-12-9-17-14-7-5-6-13(11(3)16)15(12)14;1-3-4-7-11-9-15-14(16)12-8-5-6-10(2)13(11)12;1-3-4-2;1-2/h5-7,9-10H,4,8H2,1-3H3;5-8H,3-4,9H2,1-2H3,(H,15,16);3-4H,1-2H2;1-2H3/b;11-7-;;. The van der Waals surface area contributed by atoms with Gasteiger partial charge in [0.05, 0.1) is 0 Å². The molecule has 2 aromatic carbocycles. The lowest BCUT2D eigenvalue weighted by Gasteiger charge is -2.21. The number of nitrogens with one attached hydrogen (secondary N) is 1. The van der Waals surface area contributed by atoms with Crippen molar-refractivity contribution in [1.29, 1.82) is 0 Å². The topological polar surface area (TPSA) is 46.2 Å². The number of rotatable bonds is 7. The molecule has 0 aliphatic carbocycles. The van der Waals surface area contributed by atoms with Crippen molar-refractivity contribution >= 4 is 38.7 Å². The van der Waals surface area contributed by atoms with Crippen LogP contribution in [-0.2, 0) is 6.42 Å². The van der Waals surface area contributed by atoms with Crippen molar-refractivity contribution in [3.05, 3.63) is 101 Å². The molecular formula is C35H47NO2S. The Hall–Kier alpha value is -3.24. The first-order valence-corrected chi connectivity index (χ1v) is 15.0. The average molecular weight is 546 g/mol. The van der Waals surface area contributed by atoms with Crippen LogP contribution in [0.1, 0.15) is 98.2 Å². The van der Waals surface area contributed by atoms with Crippen LogP contribution in [0.5, 0.6) is 0 Å². The molecule has 4 heteroatoms. The van der Waals surface area contributed by atoms with E-state index in [2.05, 4.69) is 69.8 Å². The number of aryl methyl sites for hydroxylation is 1. The van der Waals surface area contributed by atoms with Crippen LogP contribution in [0.15, 0.2) is 73.2 Å². The lowest BCUT2D eigenvalue weighted by atomic mass is 9.91. The van der Waals surface area contributed by atoms with Gasteiger partial charge in [0, 0.05) is 27.8 Å². The number of allylic oxidation sites excluding steroid dienone is 3. The van der Waals surface area contributed by atoms with E-state index >= 15 is 0 Å². The summed E-state index contributed by atoms with van der Waals surface area (Å²) in [7, 11) is 0. The van der Waals surface area contributed by atoms with Crippen LogP contribution in [0.2, 0.25) is 0 Å². The van der Waals surface area contributed by atoms with Gasteiger partial charge in [-0.15, -0.1) is 11.3 Å². The van der Waals surface area contributed by atoms with E-state index in [9.17, 15) is 9.59 Å². The van der Waals surface area contributed by atoms with Crippen molar-refractivity contribution in [3.8, 4) is 0 Å². The molecule has 3 nitrogen and oxygen atoms in total. The van der Waals surface area contributed by atoms with E-state index in [0.29, 0.717) is 12.5 Å². The van der Waals surface area contributed by atoms with Gasteiger partial charge in [-0.3, -0.25) is 9.59 Å². The fraction of sp³-hybridized carbons (Fsp3) is 0.371. The number of ketones is 1. The molecule has 1 atom stereocenters. The van der Waals surface area contributed by atoms with Crippen molar-refractivity contribution in [2.24, 2.45) is 5.92 Å². The van der Waals surface area contributed by atoms with Crippen molar-refractivity contribution < 1.29 is 9.59 Å². The molecule has 3 aromatic rings. The largest absolute Gasteiger partial charge is 0.348 e. The summed E-state index contributed by atoms with van der Waals surface area (Å²) in [6.45, 7) is 21.7. The lowest BCUT2D eigenvalue weighted by Crippen LogP contribution is -2.31. The molecule has 0 saturated carbocycles. The predicted octanol–water partition coefficient (Wildman–Crippen LogP) is 10.00. The summed E-state index contributed by atoms with van der Waals surface area (Å²) in [5, 5.41) is 6.31. The van der Waals surface area contributed by atoms with Gasteiger partial charge >= 0.3 is 0 Å². The minimum atomic E-state index is 0.0485. The number of unbranched alkanes of at least 4 members (excludes halogenated alkanes) is 1. The normalized spacial score (nSPS) is 13.3. The molecule has 1 amide bonds. The molecule has 0 radical (unpaired) electrons. The number of hydrogen-bond donors (Lipinski definition) is 1. The Kier molecular flexibility index (Phi) is 15.7. The number of Topliss-reactive ketones (excluding diaryl/α,β-unsaturated/α-hetero) is 1. The van der Waals surface area contributed by atoms with E-state index in [4.69, 9.17) is 0 Å². The van der Waals surface area contributed by atoms with Crippen LogP contribution in [0.4, 0.5) is 0 Å². The third-order valence-corrected chi connectivity index (χ3v) is 7.44. The zero-order chi connectivity index (χ0) is 29.4. The van der Waals surface area contributed by atoms with E-state index in [1.54, 1.807) is 30.4 Å². The van der Waals surface area contributed by atoms with Gasteiger partial charge in [0.2, 0.25) is 0 Å². The SMILES string of the molecule is C=CC=C.CC.CCC(C)Cc1csc2cccc(C(C)=O)c12.CCC/C=C1/CNC(=O)c2cccc(C)c21. The van der Waals surface area contributed by atoms with Crippen LogP contribution in [0.25, 0.3) is 15.7 Å². The van der Waals surface area contributed by atoms with Crippen molar-refractivity contribution in [3.63, 3.8) is 0 Å². The Morgan fingerprint density at radius 1 is 1.10 bits per heavy atom. The number of amides is 1. The molecule has 1 aromatic heterocycles. The average Bonchev–Trinajstić information content (AvgIpc) is 3.37. The van der Waals surface area contributed by atoms with Gasteiger partial charge in [-0.2, -0.15) is 0 Å². The molecule has 0 fully saturated rings. The summed E-state index contributed by atoms with van der Waals surface area (Å²) < 4.78 is 1.23. The lowest BCUT2D eigenvalue weighted by molar-refractivity contribution is 0.0953.